The first-order chi connectivity index (χ1) is 7.07. The second kappa shape index (κ2) is 8.16. The Hall–Kier alpha value is -1.18. The number of amides is 1. The summed E-state index contributed by atoms with van der Waals surface area (Å²) in [7, 11) is 0. The molecule has 7 N–H and O–H groups in total. The fraction of sp³-hybridized carbons (Fsp3) is 0.750. The molecule has 1 atom stereocenters. The normalized spacial score (nSPS) is 12.1. The highest BCUT2D eigenvalue weighted by Gasteiger charge is 2.15. The van der Waals surface area contributed by atoms with Gasteiger partial charge in [-0.25, -0.2) is 0 Å². The number of rotatable bonds is 8. The first-order valence-electron chi connectivity index (χ1n) is 4.73. The predicted octanol–water partition coefficient (Wildman–Crippen LogP) is -2.55. The molecular formula is C8H18N4O3. The summed E-state index contributed by atoms with van der Waals surface area (Å²) in [6.07, 6.45) is -0.359. The number of aliphatic carboxylic acids is 1. The average Bonchev–Trinajstić information content (AvgIpc) is 2.16. The van der Waals surface area contributed by atoms with E-state index in [0.29, 0.717) is 26.2 Å². The zero-order valence-electron chi connectivity index (χ0n) is 8.53. The van der Waals surface area contributed by atoms with Gasteiger partial charge in [0, 0.05) is 26.2 Å². The van der Waals surface area contributed by atoms with Gasteiger partial charge in [0.05, 0.1) is 12.5 Å². The van der Waals surface area contributed by atoms with Crippen molar-refractivity contribution >= 4 is 11.9 Å². The van der Waals surface area contributed by atoms with Crippen LogP contribution in [0, 0.1) is 0 Å². The van der Waals surface area contributed by atoms with Crippen molar-refractivity contribution in [2.45, 2.75) is 12.5 Å². The number of nitrogens with one attached hydrogen (secondary N) is 2. The van der Waals surface area contributed by atoms with E-state index in [-0.39, 0.29) is 6.42 Å². The number of hydrogen-bond donors (Lipinski definition) is 5. The molecule has 7 heteroatoms. The summed E-state index contributed by atoms with van der Waals surface area (Å²) in [4.78, 5) is 21.4. The van der Waals surface area contributed by atoms with Crippen molar-refractivity contribution in [2.24, 2.45) is 11.5 Å². The first kappa shape index (κ1) is 13.8. The zero-order chi connectivity index (χ0) is 11.7. The molecule has 0 saturated carbocycles. The summed E-state index contributed by atoms with van der Waals surface area (Å²) in [5, 5.41) is 13.9. The van der Waals surface area contributed by atoms with Gasteiger partial charge in [-0.1, -0.05) is 0 Å². The minimum Gasteiger partial charge on any atom is -0.481 e. The monoisotopic (exact) mass is 218 g/mol. The van der Waals surface area contributed by atoms with Gasteiger partial charge in [-0.15, -0.1) is 0 Å². The molecular weight excluding hydrogens is 200 g/mol. The van der Waals surface area contributed by atoms with E-state index in [1.54, 1.807) is 0 Å². The van der Waals surface area contributed by atoms with E-state index in [1.807, 2.05) is 0 Å². The molecule has 0 aromatic heterocycles. The highest BCUT2D eigenvalue weighted by atomic mass is 16.4. The lowest BCUT2D eigenvalue weighted by atomic mass is 10.2. The Kier molecular flexibility index (Phi) is 7.51. The second-order valence-corrected chi connectivity index (χ2v) is 3.03. The minimum atomic E-state index is -1.08. The van der Waals surface area contributed by atoms with Crippen molar-refractivity contribution < 1.29 is 14.7 Å². The van der Waals surface area contributed by atoms with Gasteiger partial charge in [-0.3, -0.25) is 9.59 Å². The number of carboxylic acid groups (broad SMARTS) is 1. The molecule has 0 bridgehead atoms. The third-order valence-corrected chi connectivity index (χ3v) is 1.65. The summed E-state index contributed by atoms with van der Waals surface area (Å²) in [6, 6.07) is -0.989. The predicted molar refractivity (Wildman–Crippen MR) is 55.2 cm³/mol. The van der Waals surface area contributed by atoms with Gasteiger partial charge in [0.1, 0.15) is 0 Å². The number of hydrogen-bond acceptors (Lipinski definition) is 5. The smallest absolute Gasteiger partial charge is 0.305 e. The molecule has 0 fully saturated rings. The second-order valence-electron chi connectivity index (χ2n) is 3.03. The van der Waals surface area contributed by atoms with Gasteiger partial charge >= 0.3 is 5.97 Å². The maximum Gasteiger partial charge on any atom is 0.305 e. The quantitative estimate of drug-likeness (QED) is 0.285. The molecule has 0 aliphatic rings. The lowest BCUT2D eigenvalue weighted by Crippen LogP contribution is -2.44. The van der Waals surface area contributed by atoms with E-state index in [4.69, 9.17) is 16.6 Å². The Balaban J connectivity index is 3.51. The molecule has 1 amide bonds. The third-order valence-electron chi connectivity index (χ3n) is 1.65. The summed E-state index contributed by atoms with van der Waals surface area (Å²) in [5.41, 5.74) is 10.6. The van der Waals surface area contributed by atoms with Crippen LogP contribution in [0.3, 0.4) is 0 Å². The molecule has 0 heterocycles. The molecule has 7 nitrogen and oxygen atoms in total. The summed E-state index contributed by atoms with van der Waals surface area (Å²) in [5.74, 6) is -1.54. The van der Waals surface area contributed by atoms with Crippen LogP contribution in [0.2, 0.25) is 0 Å². The molecule has 0 radical (unpaired) electrons. The number of carbonyl (C=O) groups is 2. The first-order valence-corrected chi connectivity index (χ1v) is 4.73. The van der Waals surface area contributed by atoms with Gasteiger partial charge in [-0.2, -0.15) is 0 Å². The summed E-state index contributed by atoms with van der Waals surface area (Å²) in [6.45, 7) is 2.21. The lowest BCUT2D eigenvalue weighted by molar-refractivity contribution is -0.139. The molecule has 88 valence electrons. The minimum absolute atomic E-state index is 0.359. The Morgan fingerprint density at radius 3 is 2.47 bits per heavy atom. The van der Waals surface area contributed by atoms with Crippen LogP contribution >= 0.6 is 0 Å². The molecule has 0 aliphatic carbocycles. The Morgan fingerprint density at radius 1 is 1.27 bits per heavy atom. The Morgan fingerprint density at radius 2 is 1.93 bits per heavy atom. The van der Waals surface area contributed by atoms with Crippen LogP contribution in [-0.2, 0) is 9.59 Å². The molecule has 0 unspecified atom stereocenters. The topological polar surface area (TPSA) is 130 Å². The lowest BCUT2D eigenvalue weighted by Gasteiger charge is -2.10. The molecule has 0 saturated heterocycles. The highest BCUT2D eigenvalue weighted by Crippen LogP contribution is 1.87. The van der Waals surface area contributed by atoms with E-state index in [2.05, 4.69) is 10.6 Å². The highest BCUT2D eigenvalue weighted by molar-refractivity contribution is 5.85. The molecule has 0 aliphatic heterocycles. The number of carboxylic acids is 1. The zero-order valence-corrected chi connectivity index (χ0v) is 8.53. The van der Waals surface area contributed by atoms with E-state index in [0.717, 1.165) is 0 Å². The van der Waals surface area contributed by atoms with E-state index in [9.17, 15) is 9.59 Å². The van der Waals surface area contributed by atoms with Crippen LogP contribution < -0.4 is 22.1 Å². The van der Waals surface area contributed by atoms with Crippen molar-refractivity contribution in [3.8, 4) is 0 Å². The number of nitrogens with two attached hydrogens (primary N) is 2. The SMILES string of the molecule is NCCNCCNC(=O)[C@@H](N)CC(=O)O. The van der Waals surface area contributed by atoms with Crippen LogP contribution in [0.4, 0.5) is 0 Å². The van der Waals surface area contributed by atoms with Crippen molar-refractivity contribution in [1.29, 1.82) is 0 Å². The molecule has 0 rings (SSSR count). The van der Waals surface area contributed by atoms with Crippen LogP contribution in [0.1, 0.15) is 6.42 Å². The van der Waals surface area contributed by atoms with Gasteiger partial charge in [0.25, 0.3) is 0 Å². The Labute approximate surface area is 88.2 Å². The molecule has 0 spiro atoms. The van der Waals surface area contributed by atoms with Crippen molar-refractivity contribution in [3.05, 3.63) is 0 Å². The van der Waals surface area contributed by atoms with Crippen LogP contribution in [0.5, 0.6) is 0 Å². The van der Waals surface area contributed by atoms with Gasteiger partial charge in [-0.05, 0) is 0 Å². The Bertz CT molecular complexity index is 210. The largest absolute Gasteiger partial charge is 0.481 e. The summed E-state index contributed by atoms with van der Waals surface area (Å²) >= 11 is 0. The molecule has 15 heavy (non-hydrogen) atoms. The third kappa shape index (κ3) is 7.86. The fourth-order valence-corrected chi connectivity index (χ4v) is 0.913. The van der Waals surface area contributed by atoms with Gasteiger partial charge in [0.2, 0.25) is 5.91 Å². The molecule has 0 aromatic carbocycles. The fourth-order valence-electron chi connectivity index (χ4n) is 0.913. The van der Waals surface area contributed by atoms with Crippen molar-refractivity contribution in [3.63, 3.8) is 0 Å². The van der Waals surface area contributed by atoms with Crippen molar-refractivity contribution in [2.75, 3.05) is 26.2 Å². The van der Waals surface area contributed by atoms with Crippen LogP contribution in [0.25, 0.3) is 0 Å². The average molecular weight is 218 g/mol. The van der Waals surface area contributed by atoms with Gasteiger partial charge < -0.3 is 27.2 Å². The maximum absolute atomic E-state index is 11.2. The standard InChI is InChI=1S/C8H18N4O3/c9-1-2-11-3-4-12-8(15)6(10)5-7(13)14/h6,11H,1-5,9-10H2,(H,12,15)(H,13,14)/t6-/m0/s1. The van der Waals surface area contributed by atoms with E-state index in [1.165, 1.54) is 0 Å². The van der Waals surface area contributed by atoms with Crippen molar-refractivity contribution in [1.82, 2.24) is 10.6 Å². The van der Waals surface area contributed by atoms with E-state index >= 15 is 0 Å². The van der Waals surface area contributed by atoms with Crippen LogP contribution in [-0.4, -0.2) is 49.2 Å². The van der Waals surface area contributed by atoms with Crippen LogP contribution in [0.15, 0.2) is 0 Å². The van der Waals surface area contributed by atoms with Gasteiger partial charge in [0.15, 0.2) is 0 Å². The molecule has 0 aromatic rings. The maximum atomic E-state index is 11.2. The summed E-state index contributed by atoms with van der Waals surface area (Å²) < 4.78 is 0. The van der Waals surface area contributed by atoms with E-state index < -0.39 is 17.9 Å². The number of carbonyl (C=O) groups excluding carboxylic acids is 1.